The zero-order valence-corrected chi connectivity index (χ0v) is 6.47. The van der Waals surface area contributed by atoms with E-state index in [1.54, 1.807) is 0 Å². The molecular weight excluding hydrogens is 142 g/mol. The van der Waals surface area contributed by atoms with E-state index in [9.17, 15) is 0 Å². The average Bonchev–Trinajstić information content (AvgIpc) is 2.60. The zero-order valence-electron chi connectivity index (χ0n) is 6.47. The van der Waals surface area contributed by atoms with Crippen molar-refractivity contribution in [3.05, 3.63) is 0 Å². The van der Waals surface area contributed by atoms with E-state index in [0.717, 1.165) is 32.3 Å². The molecule has 2 rings (SSSR count). The van der Waals surface area contributed by atoms with Gasteiger partial charge in [0.1, 0.15) is 6.61 Å². The van der Waals surface area contributed by atoms with Crippen molar-refractivity contribution in [2.75, 3.05) is 26.2 Å². The molecular formula is C7H13N3O. The second kappa shape index (κ2) is 3.09. The number of ether oxygens (including phenoxy) is 1. The Balaban J connectivity index is 1.79. The highest BCUT2D eigenvalue weighted by atomic mass is 16.5. The van der Waals surface area contributed by atoms with E-state index >= 15 is 0 Å². The smallest absolute Gasteiger partial charge is 0.285 e. The van der Waals surface area contributed by atoms with Crippen molar-refractivity contribution in [3.8, 4) is 0 Å². The van der Waals surface area contributed by atoms with Gasteiger partial charge in [0.15, 0.2) is 0 Å². The van der Waals surface area contributed by atoms with Crippen LogP contribution in [0.25, 0.3) is 0 Å². The van der Waals surface area contributed by atoms with Gasteiger partial charge in [0.05, 0.1) is 6.54 Å². The van der Waals surface area contributed by atoms with Gasteiger partial charge in [-0.15, -0.1) is 0 Å². The molecule has 0 bridgehead atoms. The predicted octanol–water partition coefficient (Wildman–Crippen LogP) is -0.676. The number of nitrogens with one attached hydrogen (secondary N) is 2. The maximum absolute atomic E-state index is 5.23. The van der Waals surface area contributed by atoms with Crippen LogP contribution in [0.2, 0.25) is 0 Å². The molecule has 0 saturated carbocycles. The highest BCUT2D eigenvalue weighted by molar-refractivity contribution is 5.75. The predicted molar refractivity (Wildman–Crippen MR) is 42.7 cm³/mol. The lowest BCUT2D eigenvalue weighted by atomic mass is 10.3. The number of rotatable bonds is 1. The molecule has 0 aromatic heterocycles. The van der Waals surface area contributed by atoms with Gasteiger partial charge in [-0.25, -0.2) is 4.99 Å². The Morgan fingerprint density at radius 3 is 3.27 bits per heavy atom. The van der Waals surface area contributed by atoms with E-state index in [-0.39, 0.29) is 0 Å². The quantitative estimate of drug-likeness (QED) is 0.527. The van der Waals surface area contributed by atoms with Gasteiger partial charge in [-0.2, -0.15) is 0 Å². The first-order valence-electron chi connectivity index (χ1n) is 4.09. The Kier molecular flexibility index (Phi) is 1.94. The van der Waals surface area contributed by atoms with Crippen molar-refractivity contribution in [3.63, 3.8) is 0 Å². The number of hydrogen-bond donors (Lipinski definition) is 2. The third-order valence-electron chi connectivity index (χ3n) is 1.97. The van der Waals surface area contributed by atoms with Crippen LogP contribution in [0.5, 0.6) is 0 Å². The van der Waals surface area contributed by atoms with Crippen molar-refractivity contribution < 1.29 is 4.74 Å². The fourth-order valence-electron chi connectivity index (χ4n) is 1.37. The summed E-state index contributed by atoms with van der Waals surface area (Å²) in [7, 11) is 0. The molecule has 1 unspecified atom stereocenters. The van der Waals surface area contributed by atoms with E-state index in [2.05, 4.69) is 15.6 Å². The molecule has 2 aliphatic heterocycles. The van der Waals surface area contributed by atoms with Crippen LogP contribution in [0.3, 0.4) is 0 Å². The maximum atomic E-state index is 5.23. The Morgan fingerprint density at radius 1 is 1.64 bits per heavy atom. The summed E-state index contributed by atoms with van der Waals surface area (Å²) in [5.74, 6) is 0. The largest absolute Gasteiger partial charge is 0.463 e. The molecule has 0 aromatic carbocycles. The summed E-state index contributed by atoms with van der Waals surface area (Å²) >= 11 is 0. The molecule has 0 radical (unpaired) electrons. The van der Waals surface area contributed by atoms with E-state index in [0.29, 0.717) is 6.04 Å². The van der Waals surface area contributed by atoms with Gasteiger partial charge in [0.2, 0.25) is 0 Å². The Labute approximate surface area is 66.0 Å². The second-order valence-corrected chi connectivity index (χ2v) is 2.87. The highest BCUT2D eigenvalue weighted by Gasteiger charge is 2.17. The third-order valence-corrected chi connectivity index (χ3v) is 1.97. The molecule has 11 heavy (non-hydrogen) atoms. The normalized spacial score (nSPS) is 29.8. The lowest BCUT2D eigenvalue weighted by molar-refractivity contribution is 0.326. The minimum absolute atomic E-state index is 0.520. The number of hydrogen-bond acceptors (Lipinski definition) is 4. The van der Waals surface area contributed by atoms with Crippen molar-refractivity contribution >= 4 is 6.02 Å². The summed E-state index contributed by atoms with van der Waals surface area (Å²) < 4.78 is 5.23. The summed E-state index contributed by atoms with van der Waals surface area (Å²) in [4.78, 5) is 4.15. The molecule has 0 aliphatic carbocycles. The molecule has 62 valence electrons. The van der Waals surface area contributed by atoms with Crippen LogP contribution in [-0.4, -0.2) is 38.3 Å². The number of nitrogens with zero attached hydrogens (tertiary/aromatic N) is 1. The Bertz CT molecular complexity index is 163. The maximum Gasteiger partial charge on any atom is 0.285 e. The first kappa shape index (κ1) is 6.91. The molecule has 2 N–H and O–H groups in total. The highest BCUT2D eigenvalue weighted by Crippen LogP contribution is 1.99. The molecule has 2 aliphatic rings. The molecule has 2 heterocycles. The van der Waals surface area contributed by atoms with E-state index in [1.165, 1.54) is 6.42 Å². The zero-order chi connectivity index (χ0) is 7.52. The van der Waals surface area contributed by atoms with Gasteiger partial charge in [-0.1, -0.05) is 0 Å². The van der Waals surface area contributed by atoms with Gasteiger partial charge in [-0.05, 0) is 13.0 Å². The molecule has 0 aromatic rings. The van der Waals surface area contributed by atoms with Crippen LogP contribution in [0.4, 0.5) is 0 Å². The fraction of sp³-hybridized carbons (Fsp3) is 0.857. The average molecular weight is 155 g/mol. The summed E-state index contributed by atoms with van der Waals surface area (Å²) in [6.45, 7) is 3.68. The molecule has 1 saturated heterocycles. The van der Waals surface area contributed by atoms with Crippen molar-refractivity contribution in [1.29, 1.82) is 0 Å². The standard InChI is InChI=1S/C7H13N3O/c1-2-8-5-6(1)10-7-9-3-4-11-7/h6,8H,1-5H2,(H,9,10). The van der Waals surface area contributed by atoms with Crippen LogP contribution < -0.4 is 10.6 Å². The SMILES string of the molecule is C1COC(NC2CCNC2)=N1. The molecule has 1 atom stereocenters. The third kappa shape index (κ3) is 1.63. The first-order valence-corrected chi connectivity index (χ1v) is 4.09. The lowest BCUT2D eigenvalue weighted by Gasteiger charge is -2.10. The van der Waals surface area contributed by atoms with Crippen LogP contribution in [0.1, 0.15) is 6.42 Å². The van der Waals surface area contributed by atoms with Crippen LogP contribution in [0, 0.1) is 0 Å². The first-order chi connectivity index (χ1) is 5.45. The van der Waals surface area contributed by atoms with Crippen LogP contribution in [-0.2, 0) is 4.74 Å². The van der Waals surface area contributed by atoms with E-state index < -0.39 is 0 Å². The summed E-state index contributed by atoms with van der Waals surface area (Å²) in [6.07, 6.45) is 1.17. The van der Waals surface area contributed by atoms with Crippen molar-refractivity contribution in [2.45, 2.75) is 12.5 Å². The summed E-state index contributed by atoms with van der Waals surface area (Å²) in [5.41, 5.74) is 0. The number of amidine groups is 1. The van der Waals surface area contributed by atoms with Crippen molar-refractivity contribution in [1.82, 2.24) is 10.6 Å². The minimum atomic E-state index is 0.520. The Hall–Kier alpha value is -0.770. The monoisotopic (exact) mass is 155 g/mol. The van der Waals surface area contributed by atoms with Gasteiger partial charge in [0.25, 0.3) is 6.02 Å². The van der Waals surface area contributed by atoms with Gasteiger partial charge < -0.3 is 15.4 Å². The van der Waals surface area contributed by atoms with Crippen LogP contribution in [0.15, 0.2) is 4.99 Å². The lowest BCUT2D eigenvalue weighted by Crippen LogP contribution is -2.36. The minimum Gasteiger partial charge on any atom is -0.463 e. The second-order valence-electron chi connectivity index (χ2n) is 2.87. The van der Waals surface area contributed by atoms with E-state index in [4.69, 9.17) is 4.74 Å². The van der Waals surface area contributed by atoms with Crippen LogP contribution >= 0.6 is 0 Å². The van der Waals surface area contributed by atoms with Crippen molar-refractivity contribution in [2.24, 2.45) is 4.99 Å². The topological polar surface area (TPSA) is 45.6 Å². The Morgan fingerprint density at radius 2 is 2.64 bits per heavy atom. The summed E-state index contributed by atoms with van der Waals surface area (Å²) in [6, 6.07) is 1.26. The van der Waals surface area contributed by atoms with Gasteiger partial charge in [0, 0.05) is 12.6 Å². The fourth-order valence-corrected chi connectivity index (χ4v) is 1.37. The molecule has 0 spiro atoms. The molecule has 0 amide bonds. The van der Waals surface area contributed by atoms with Gasteiger partial charge in [-0.3, -0.25) is 0 Å². The number of aliphatic imine (C=N–C) groups is 1. The molecule has 1 fully saturated rings. The molecule has 4 heteroatoms. The summed E-state index contributed by atoms with van der Waals surface area (Å²) in [5, 5.41) is 6.52. The van der Waals surface area contributed by atoms with Gasteiger partial charge >= 0.3 is 0 Å². The molecule has 4 nitrogen and oxygen atoms in total. The van der Waals surface area contributed by atoms with E-state index in [1.807, 2.05) is 0 Å².